The molecule has 1 heterocycles. The lowest BCUT2D eigenvalue weighted by molar-refractivity contribution is -0.158. The number of amides is 1. The topological polar surface area (TPSA) is 102 Å². The van der Waals surface area contributed by atoms with Crippen LogP contribution in [0.4, 0.5) is 10.8 Å². The molecule has 1 atom stereocenters. The number of para-hydroxylation sites is 1. The zero-order valence-corrected chi connectivity index (χ0v) is 19.1. The first-order valence-electron chi connectivity index (χ1n) is 9.27. The monoisotopic (exact) mass is 452 g/mol. The van der Waals surface area contributed by atoms with Crippen molar-refractivity contribution in [2.75, 3.05) is 12.4 Å². The third-order valence-electron chi connectivity index (χ3n) is 3.66. The lowest BCUT2D eigenvalue weighted by atomic mass is 10.1. The summed E-state index contributed by atoms with van der Waals surface area (Å²) >= 11 is 7.43. The van der Waals surface area contributed by atoms with Crippen LogP contribution in [0.5, 0.6) is 0 Å². The van der Waals surface area contributed by atoms with Crippen molar-refractivity contribution in [1.82, 2.24) is 10.3 Å². The molecular weight excluding hydrogens is 428 g/mol. The van der Waals surface area contributed by atoms with Crippen molar-refractivity contribution in [2.45, 2.75) is 45.8 Å². The molecule has 0 bridgehead atoms. The summed E-state index contributed by atoms with van der Waals surface area (Å²) in [6.07, 6.45) is 0.358. The number of carbonyl (C=O) groups excluding carboxylic acids is 2. The molecule has 0 spiro atoms. The van der Waals surface area contributed by atoms with Crippen molar-refractivity contribution >= 4 is 51.3 Å². The number of hydrogen-bond donors (Lipinski definition) is 2. The summed E-state index contributed by atoms with van der Waals surface area (Å²) < 4.78 is 5.36. The Morgan fingerprint density at radius 2 is 2.00 bits per heavy atom. The smallest absolute Gasteiger partial charge is 0.329 e. The summed E-state index contributed by atoms with van der Waals surface area (Å²) in [5.74, 6) is -1.11. The Hall–Kier alpha value is -2.65. The van der Waals surface area contributed by atoms with Gasteiger partial charge < -0.3 is 20.2 Å². The summed E-state index contributed by atoms with van der Waals surface area (Å²) in [7, 11) is 1.33. The van der Waals surface area contributed by atoms with E-state index >= 15 is 0 Å². The van der Waals surface area contributed by atoms with Gasteiger partial charge in [-0.15, -0.1) is 11.3 Å². The molecule has 0 aliphatic carbocycles. The van der Waals surface area contributed by atoms with Gasteiger partial charge in [0.05, 0.1) is 10.7 Å². The first-order chi connectivity index (χ1) is 14.1. The molecule has 30 heavy (non-hydrogen) atoms. The van der Waals surface area contributed by atoms with Crippen molar-refractivity contribution in [1.29, 1.82) is 0 Å². The van der Waals surface area contributed by atoms with Gasteiger partial charge in [0.25, 0.3) is 5.91 Å². The normalized spacial score (nSPS) is 12.8. The Balaban J connectivity index is 2.16. The molecule has 8 nitrogen and oxygen atoms in total. The molecule has 1 unspecified atom stereocenters. The molecule has 10 heteroatoms. The molecule has 0 aliphatic heterocycles. The highest BCUT2D eigenvalue weighted by molar-refractivity contribution is 7.14. The Kier molecular flexibility index (Phi) is 8.19. The first kappa shape index (κ1) is 23.6. The number of rotatable bonds is 8. The average Bonchev–Trinajstić information content (AvgIpc) is 3.12. The highest BCUT2D eigenvalue weighted by Crippen LogP contribution is 2.27. The highest BCUT2D eigenvalue weighted by atomic mass is 35.5. The molecule has 0 saturated carbocycles. The van der Waals surface area contributed by atoms with Crippen molar-refractivity contribution in [2.24, 2.45) is 5.16 Å². The number of esters is 1. The number of halogens is 1. The second-order valence-corrected chi connectivity index (χ2v) is 8.50. The SMILES string of the molecule is CCC(NC(=O)C(=NOC)c1csc(Nc2ccccc2Cl)n1)C(=O)OC(C)(C)C. The van der Waals surface area contributed by atoms with E-state index in [1.807, 2.05) is 18.2 Å². The van der Waals surface area contributed by atoms with Crippen molar-refractivity contribution in [3.05, 3.63) is 40.4 Å². The number of benzene rings is 1. The van der Waals surface area contributed by atoms with Crippen LogP contribution < -0.4 is 10.6 Å². The molecule has 0 saturated heterocycles. The molecule has 162 valence electrons. The molecule has 0 fully saturated rings. The zero-order valence-electron chi connectivity index (χ0n) is 17.5. The van der Waals surface area contributed by atoms with Gasteiger partial charge in [0.2, 0.25) is 0 Å². The second-order valence-electron chi connectivity index (χ2n) is 7.23. The van der Waals surface area contributed by atoms with E-state index in [2.05, 4.69) is 20.8 Å². The van der Waals surface area contributed by atoms with Gasteiger partial charge >= 0.3 is 5.97 Å². The van der Waals surface area contributed by atoms with E-state index < -0.39 is 23.5 Å². The van der Waals surface area contributed by atoms with Crippen LogP contribution in [0.15, 0.2) is 34.8 Å². The fourth-order valence-corrected chi connectivity index (χ4v) is 3.23. The van der Waals surface area contributed by atoms with Crippen LogP contribution in [0.1, 0.15) is 39.8 Å². The largest absolute Gasteiger partial charge is 0.458 e. The Morgan fingerprint density at radius 1 is 1.30 bits per heavy atom. The van der Waals surface area contributed by atoms with Crippen molar-refractivity contribution in [3.63, 3.8) is 0 Å². The zero-order chi connectivity index (χ0) is 22.3. The van der Waals surface area contributed by atoms with Crippen LogP contribution in [0, 0.1) is 0 Å². The van der Waals surface area contributed by atoms with Gasteiger partial charge in [-0.1, -0.05) is 35.8 Å². The van der Waals surface area contributed by atoms with Gasteiger partial charge in [-0.25, -0.2) is 9.78 Å². The maximum absolute atomic E-state index is 12.8. The fraction of sp³-hybridized carbons (Fsp3) is 0.400. The minimum absolute atomic E-state index is 0.0528. The van der Waals surface area contributed by atoms with Crippen molar-refractivity contribution in [3.8, 4) is 0 Å². The Bertz CT molecular complexity index is 924. The summed E-state index contributed by atoms with van der Waals surface area (Å²) in [6.45, 7) is 7.07. The molecular formula is C20H25ClN4O4S. The van der Waals surface area contributed by atoms with Crippen LogP contribution in [-0.2, 0) is 19.2 Å². The van der Waals surface area contributed by atoms with Crippen molar-refractivity contribution < 1.29 is 19.2 Å². The number of nitrogens with one attached hydrogen (secondary N) is 2. The third-order valence-corrected chi connectivity index (χ3v) is 4.75. The summed E-state index contributed by atoms with van der Waals surface area (Å²) in [6, 6.07) is 6.41. The third kappa shape index (κ3) is 6.70. The van der Waals surface area contributed by atoms with E-state index in [-0.39, 0.29) is 5.71 Å². The minimum atomic E-state index is -0.821. The molecule has 1 amide bonds. The molecule has 1 aromatic carbocycles. The lowest BCUT2D eigenvalue weighted by Gasteiger charge is -2.23. The second kappa shape index (κ2) is 10.4. The van der Waals surface area contributed by atoms with E-state index in [1.165, 1.54) is 18.4 Å². The number of ether oxygens (including phenoxy) is 1. The number of anilines is 2. The number of carbonyl (C=O) groups is 2. The highest BCUT2D eigenvalue weighted by Gasteiger charge is 2.28. The van der Waals surface area contributed by atoms with Crippen LogP contribution in [0.2, 0.25) is 5.02 Å². The maximum Gasteiger partial charge on any atom is 0.329 e. The lowest BCUT2D eigenvalue weighted by Crippen LogP contribution is -2.46. The van der Waals surface area contributed by atoms with Gasteiger partial charge in [0, 0.05) is 5.38 Å². The Labute approximate surface area is 184 Å². The predicted octanol–water partition coefficient (Wildman–Crippen LogP) is 4.13. The predicted molar refractivity (Wildman–Crippen MR) is 118 cm³/mol. The van der Waals surface area contributed by atoms with E-state index in [9.17, 15) is 9.59 Å². The summed E-state index contributed by atoms with van der Waals surface area (Å²) in [5.41, 5.74) is 0.272. The molecule has 0 radical (unpaired) electrons. The average molecular weight is 453 g/mol. The minimum Gasteiger partial charge on any atom is -0.458 e. The van der Waals surface area contributed by atoms with E-state index in [0.29, 0.717) is 28.0 Å². The van der Waals surface area contributed by atoms with Crippen LogP contribution in [-0.4, -0.2) is 41.3 Å². The van der Waals surface area contributed by atoms with E-state index in [0.717, 1.165) is 0 Å². The quantitative estimate of drug-likeness (QED) is 0.354. The number of nitrogens with zero attached hydrogens (tertiary/aromatic N) is 2. The van der Waals surface area contributed by atoms with Gasteiger partial charge in [-0.05, 0) is 39.3 Å². The van der Waals surface area contributed by atoms with Crippen LogP contribution in [0.25, 0.3) is 0 Å². The maximum atomic E-state index is 12.8. The number of aromatic nitrogens is 1. The summed E-state index contributed by atoms with van der Waals surface area (Å²) in [5, 5.41) is 12.3. The molecule has 2 N–H and O–H groups in total. The van der Waals surface area contributed by atoms with E-state index in [4.69, 9.17) is 21.2 Å². The van der Waals surface area contributed by atoms with Crippen LogP contribution >= 0.6 is 22.9 Å². The van der Waals surface area contributed by atoms with Gasteiger partial charge in [-0.3, -0.25) is 4.79 Å². The molecule has 1 aromatic heterocycles. The molecule has 2 aromatic rings. The summed E-state index contributed by atoms with van der Waals surface area (Å²) in [4.78, 5) is 34.3. The van der Waals surface area contributed by atoms with Gasteiger partial charge in [-0.2, -0.15) is 0 Å². The number of oxime groups is 1. The molecule has 2 rings (SSSR count). The van der Waals surface area contributed by atoms with Gasteiger partial charge in [0.15, 0.2) is 10.8 Å². The molecule has 0 aliphatic rings. The first-order valence-corrected chi connectivity index (χ1v) is 10.5. The fourth-order valence-electron chi connectivity index (χ4n) is 2.34. The number of thiazole rings is 1. The van der Waals surface area contributed by atoms with E-state index in [1.54, 1.807) is 39.1 Å². The van der Waals surface area contributed by atoms with Crippen LogP contribution in [0.3, 0.4) is 0 Å². The Morgan fingerprint density at radius 3 is 2.60 bits per heavy atom. The standard InChI is InChI=1S/C20H25ClN4O4S/c1-6-13(18(27)29-20(2,3)4)22-17(26)16(25-28-5)15-11-30-19(24-15)23-14-10-8-7-9-12(14)21/h7-11,13H,6H2,1-5H3,(H,22,26)(H,23,24). The number of hydrogen-bond acceptors (Lipinski definition) is 8. The van der Waals surface area contributed by atoms with Gasteiger partial charge in [0.1, 0.15) is 24.4 Å².